The molecular formula is C16H26N2O3S. The number of fused-ring (bicyclic) bond motifs is 1. The van der Waals surface area contributed by atoms with Crippen LogP contribution in [0.2, 0.25) is 0 Å². The van der Waals surface area contributed by atoms with E-state index >= 15 is 0 Å². The maximum Gasteiger partial charge on any atom is 0.232 e. The summed E-state index contributed by atoms with van der Waals surface area (Å²) in [7, 11) is -3.34. The fraction of sp³-hybridized carbons (Fsp3) is 0.562. The number of nitrogens with zero attached hydrogens (tertiary/aromatic N) is 1. The van der Waals surface area contributed by atoms with Gasteiger partial charge in [-0.15, -0.1) is 0 Å². The van der Waals surface area contributed by atoms with Gasteiger partial charge < -0.3 is 5.32 Å². The van der Waals surface area contributed by atoms with Gasteiger partial charge in [-0.3, -0.25) is 9.10 Å². The molecule has 1 N–H and O–H groups in total. The van der Waals surface area contributed by atoms with Crippen molar-refractivity contribution in [3.8, 4) is 0 Å². The van der Waals surface area contributed by atoms with Gasteiger partial charge in [0.2, 0.25) is 15.9 Å². The highest BCUT2D eigenvalue weighted by atomic mass is 32.2. The number of sulfonamides is 1. The van der Waals surface area contributed by atoms with Crippen molar-refractivity contribution in [2.24, 2.45) is 5.92 Å². The topological polar surface area (TPSA) is 66.5 Å². The number of hydrogen-bond acceptors (Lipinski definition) is 3. The van der Waals surface area contributed by atoms with E-state index in [1.165, 1.54) is 17.5 Å². The average molecular weight is 326 g/mol. The summed E-state index contributed by atoms with van der Waals surface area (Å²) in [6.07, 6.45) is 1.99. The van der Waals surface area contributed by atoms with Crippen molar-refractivity contribution in [3.63, 3.8) is 0 Å². The molecule has 1 aromatic rings. The van der Waals surface area contributed by atoms with Crippen LogP contribution in [0.3, 0.4) is 0 Å². The van der Waals surface area contributed by atoms with Crippen LogP contribution >= 0.6 is 0 Å². The molecule has 124 valence electrons. The zero-order valence-corrected chi connectivity index (χ0v) is 14.8. The molecule has 0 spiro atoms. The van der Waals surface area contributed by atoms with E-state index in [1.807, 2.05) is 45.0 Å². The van der Waals surface area contributed by atoms with Gasteiger partial charge in [-0.25, -0.2) is 8.42 Å². The number of hydrogen-bond donors (Lipinski definition) is 1. The van der Waals surface area contributed by atoms with Crippen LogP contribution in [0.25, 0.3) is 0 Å². The van der Waals surface area contributed by atoms with Crippen LogP contribution < -0.4 is 9.62 Å². The molecule has 1 heterocycles. The van der Waals surface area contributed by atoms with E-state index < -0.39 is 10.0 Å². The first-order valence-corrected chi connectivity index (χ1v) is 9.47. The average Bonchev–Trinajstić information content (AvgIpc) is 2.45. The smallest absolute Gasteiger partial charge is 0.232 e. The lowest BCUT2D eigenvalue weighted by Gasteiger charge is -2.40. The lowest BCUT2D eigenvalue weighted by Crippen LogP contribution is -2.49. The monoisotopic (exact) mass is 326 g/mol. The summed E-state index contributed by atoms with van der Waals surface area (Å²) < 4.78 is 25.6. The largest absolute Gasteiger partial charge is 0.356 e. The number of rotatable bonds is 3. The molecule has 6 heteroatoms. The van der Waals surface area contributed by atoms with Crippen molar-refractivity contribution in [3.05, 3.63) is 29.8 Å². The molecule has 2 atom stereocenters. The first kappa shape index (κ1) is 18.5. The quantitative estimate of drug-likeness (QED) is 0.926. The summed E-state index contributed by atoms with van der Waals surface area (Å²) in [5.41, 5.74) is 1.76. The number of amides is 1. The highest BCUT2D eigenvalue weighted by Gasteiger charge is 2.35. The summed E-state index contributed by atoms with van der Waals surface area (Å²) in [5.74, 6) is -0.0227. The summed E-state index contributed by atoms with van der Waals surface area (Å²) in [4.78, 5) is 11.1. The molecule has 1 aliphatic heterocycles. The first-order chi connectivity index (χ1) is 10.3. The van der Waals surface area contributed by atoms with Crippen LogP contribution in [-0.2, 0) is 21.2 Å². The molecular weight excluding hydrogens is 300 g/mol. The molecule has 0 fully saturated rings. The minimum absolute atomic E-state index is 0.0727. The maximum atomic E-state index is 12.1. The first-order valence-electron chi connectivity index (χ1n) is 7.62. The lowest BCUT2D eigenvalue weighted by atomic mass is 9.88. The number of nitrogens with one attached hydrogen (secondary N) is 1. The Balaban J connectivity index is 0.00000116. The van der Waals surface area contributed by atoms with Gasteiger partial charge in [0.25, 0.3) is 0 Å². The molecule has 0 saturated heterocycles. The van der Waals surface area contributed by atoms with E-state index in [1.54, 1.807) is 0 Å². The van der Waals surface area contributed by atoms with Crippen molar-refractivity contribution in [2.75, 3.05) is 17.1 Å². The zero-order chi connectivity index (χ0) is 16.9. The molecule has 1 aromatic carbocycles. The van der Waals surface area contributed by atoms with Gasteiger partial charge in [0.15, 0.2) is 0 Å². The second-order valence-electron chi connectivity index (χ2n) is 5.33. The van der Waals surface area contributed by atoms with Gasteiger partial charge in [-0.05, 0) is 25.0 Å². The second kappa shape index (κ2) is 7.63. The fourth-order valence-electron chi connectivity index (χ4n) is 2.76. The van der Waals surface area contributed by atoms with Crippen LogP contribution in [0.5, 0.6) is 0 Å². The van der Waals surface area contributed by atoms with Crippen molar-refractivity contribution < 1.29 is 13.2 Å². The highest BCUT2D eigenvalue weighted by Crippen LogP contribution is 2.35. The molecule has 0 bridgehead atoms. The Bertz CT molecular complexity index is 614. The Morgan fingerprint density at radius 2 is 1.91 bits per heavy atom. The number of benzene rings is 1. The van der Waals surface area contributed by atoms with Crippen LogP contribution in [0.15, 0.2) is 24.3 Å². The minimum atomic E-state index is -3.34. The molecule has 22 heavy (non-hydrogen) atoms. The standard InChI is InChI=1S/C14H20N2O3S.C2H6/c1-10-13(9-15-11(2)17)8-12-6-4-5-7-14(12)16(10)20(3,18)19;1-2/h4-7,10,13H,8-9H2,1-3H3,(H,15,17);1-2H3/t10-,13+;/m1./s1. The molecule has 1 aliphatic rings. The Morgan fingerprint density at radius 1 is 1.32 bits per heavy atom. The zero-order valence-electron chi connectivity index (χ0n) is 14.0. The highest BCUT2D eigenvalue weighted by molar-refractivity contribution is 7.92. The van der Waals surface area contributed by atoms with Crippen LogP contribution in [0.1, 0.15) is 33.3 Å². The third-order valence-electron chi connectivity index (χ3n) is 3.73. The van der Waals surface area contributed by atoms with Crippen LogP contribution in [0, 0.1) is 5.92 Å². The number of carbonyl (C=O) groups excluding carboxylic acids is 1. The predicted octanol–water partition coefficient (Wildman–Crippen LogP) is 2.18. The maximum absolute atomic E-state index is 12.1. The van der Waals surface area contributed by atoms with E-state index in [0.717, 1.165) is 17.7 Å². The Labute approximate surface area is 133 Å². The van der Waals surface area contributed by atoms with E-state index in [-0.39, 0.29) is 17.9 Å². The predicted molar refractivity (Wildman–Crippen MR) is 90.5 cm³/mol. The summed E-state index contributed by atoms with van der Waals surface area (Å²) >= 11 is 0. The third kappa shape index (κ3) is 4.22. The summed E-state index contributed by atoms with van der Waals surface area (Å²) in [5, 5.41) is 2.79. The van der Waals surface area contributed by atoms with Gasteiger partial charge in [-0.1, -0.05) is 32.0 Å². The molecule has 1 amide bonds. The molecule has 2 rings (SSSR count). The molecule has 5 nitrogen and oxygen atoms in total. The van der Waals surface area contributed by atoms with E-state index in [2.05, 4.69) is 5.32 Å². The van der Waals surface area contributed by atoms with E-state index in [9.17, 15) is 13.2 Å². The van der Waals surface area contributed by atoms with E-state index in [0.29, 0.717) is 6.54 Å². The summed E-state index contributed by atoms with van der Waals surface area (Å²) in [6.45, 7) is 7.84. The Kier molecular flexibility index (Phi) is 6.41. The molecule has 0 saturated carbocycles. The number of para-hydroxylation sites is 1. The fourth-order valence-corrected chi connectivity index (χ4v) is 4.07. The molecule has 0 aliphatic carbocycles. The Morgan fingerprint density at radius 3 is 2.45 bits per heavy atom. The van der Waals surface area contributed by atoms with Gasteiger partial charge in [0.1, 0.15) is 0 Å². The summed E-state index contributed by atoms with van der Waals surface area (Å²) in [6, 6.07) is 7.36. The lowest BCUT2D eigenvalue weighted by molar-refractivity contribution is -0.119. The van der Waals surface area contributed by atoms with Crippen molar-refractivity contribution in [1.82, 2.24) is 5.32 Å². The third-order valence-corrected chi connectivity index (χ3v) is 4.98. The number of carbonyl (C=O) groups is 1. The molecule has 0 radical (unpaired) electrons. The van der Waals surface area contributed by atoms with Crippen LogP contribution in [0.4, 0.5) is 5.69 Å². The Hall–Kier alpha value is -1.56. The van der Waals surface area contributed by atoms with Crippen molar-refractivity contribution in [1.29, 1.82) is 0 Å². The number of anilines is 1. The molecule has 0 aromatic heterocycles. The van der Waals surface area contributed by atoms with Gasteiger partial charge in [-0.2, -0.15) is 0 Å². The van der Waals surface area contributed by atoms with Gasteiger partial charge in [0.05, 0.1) is 11.9 Å². The SMILES string of the molecule is CC.CC(=O)NC[C@@H]1Cc2ccccc2N(S(C)(=O)=O)[C@@H]1C. The minimum Gasteiger partial charge on any atom is -0.356 e. The second-order valence-corrected chi connectivity index (χ2v) is 7.19. The van der Waals surface area contributed by atoms with E-state index in [4.69, 9.17) is 0 Å². The van der Waals surface area contributed by atoms with Crippen molar-refractivity contribution >= 4 is 21.6 Å². The van der Waals surface area contributed by atoms with Gasteiger partial charge >= 0.3 is 0 Å². The molecule has 0 unspecified atom stereocenters. The normalized spacial score (nSPS) is 20.5. The van der Waals surface area contributed by atoms with Crippen LogP contribution in [-0.4, -0.2) is 33.2 Å². The van der Waals surface area contributed by atoms with Crippen molar-refractivity contribution in [2.45, 2.75) is 40.2 Å². The van der Waals surface area contributed by atoms with Gasteiger partial charge in [0, 0.05) is 25.4 Å².